The van der Waals surface area contributed by atoms with Crippen LogP contribution in [0.3, 0.4) is 0 Å². The normalized spacial score (nSPS) is 14.7. The van der Waals surface area contributed by atoms with Crippen molar-refractivity contribution < 1.29 is 14.3 Å². The van der Waals surface area contributed by atoms with Crippen LogP contribution in [0.2, 0.25) is 0 Å². The first-order chi connectivity index (χ1) is 14.7. The summed E-state index contributed by atoms with van der Waals surface area (Å²) in [6.07, 6.45) is 0.810. The first-order valence-electron chi connectivity index (χ1n) is 10.6. The molecule has 0 unspecified atom stereocenters. The molecule has 30 heavy (non-hydrogen) atoms. The molecule has 0 bridgehead atoms. The minimum absolute atomic E-state index is 0.0253. The average molecular weight is 410 g/mol. The largest absolute Gasteiger partial charge is 0.385 e. The molecule has 1 fully saturated rings. The molecule has 0 saturated carbocycles. The number of rotatable bonds is 9. The van der Waals surface area contributed by atoms with Crippen molar-refractivity contribution >= 4 is 11.8 Å². The van der Waals surface area contributed by atoms with E-state index in [1.54, 1.807) is 7.11 Å². The predicted molar refractivity (Wildman–Crippen MR) is 117 cm³/mol. The van der Waals surface area contributed by atoms with Gasteiger partial charge < -0.3 is 15.0 Å². The zero-order chi connectivity index (χ0) is 21.2. The summed E-state index contributed by atoms with van der Waals surface area (Å²) in [6, 6.07) is 19.9. The second-order valence-electron chi connectivity index (χ2n) is 7.55. The van der Waals surface area contributed by atoms with E-state index < -0.39 is 0 Å². The first-order valence-corrected chi connectivity index (χ1v) is 10.6. The number of hydrogen-bond donors (Lipinski definition) is 1. The molecule has 1 saturated heterocycles. The van der Waals surface area contributed by atoms with Gasteiger partial charge in [0, 0.05) is 46.4 Å². The third-order valence-corrected chi connectivity index (χ3v) is 5.41. The Bertz CT molecular complexity index is 750. The van der Waals surface area contributed by atoms with Gasteiger partial charge in [0.1, 0.15) is 0 Å². The van der Waals surface area contributed by atoms with Gasteiger partial charge in [0.2, 0.25) is 11.8 Å². The predicted octanol–water partition coefficient (Wildman–Crippen LogP) is 2.12. The Morgan fingerprint density at radius 2 is 1.50 bits per heavy atom. The highest BCUT2D eigenvalue weighted by Gasteiger charge is 2.30. The maximum Gasteiger partial charge on any atom is 0.234 e. The van der Waals surface area contributed by atoms with Crippen LogP contribution in [0.25, 0.3) is 0 Å². The van der Waals surface area contributed by atoms with E-state index in [-0.39, 0.29) is 17.7 Å². The Balaban J connectivity index is 1.57. The van der Waals surface area contributed by atoms with Gasteiger partial charge in [0.05, 0.1) is 12.5 Å². The second-order valence-corrected chi connectivity index (χ2v) is 7.55. The van der Waals surface area contributed by atoms with Gasteiger partial charge in [-0.1, -0.05) is 60.7 Å². The quantitative estimate of drug-likeness (QED) is 0.645. The molecule has 1 N–H and O–H groups in total. The van der Waals surface area contributed by atoms with Crippen molar-refractivity contribution in [3.63, 3.8) is 0 Å². The zero-order valence-corrected chi connectivity index (χ0v) is 17.6. The van der Waals surface area contributed by atoms with Gasteiger partial charge in [-0.25, -0.2) is 0 Å². The van der Waals surface area contributed by atoms with E-state index in [9.17, 15) is 9.59 Å². The number of benzene rings is 2. The van der Waals surface area contributed by atoms with Crippen LogP contribution in [0, 0.1) is 0 Å². The van der Waals surface area contributed by atoms with Gasteiger partial charge in [-0.05, 0) is 17.5 Å². The van der Waals surface area contributed by atoms with Gasteiger partial charge in [-0.2, -0.15) is 0 Å². The monoisotopic (exact) mass is 409 g/mol. The fourth-order valence-corrected chi connectivity index (χ4v) is 3.78. The lowest BCUT2D eigenvalue weighted by molar-refractivity contribution is -0.133. The fourth-order valence-electron chi connectivity index (χ4n) is 3.78. The topological polar surface area (TPSA) is 61.9 Å². The van der Waals surface area contributed by atoms with Gasteiger partial charge in [0.25, 0.3) is 0 Å². The summed E-state index contributed by atoms with van der Waals surface area (Å²) in [4.78, 5) is 29.6. The summed E-state index contributed by atoms with van der Waals surface area (Å²) in [5.41, 5.74) is 2.01. The molecular formula is C24H31N3O3. The average Bonchev–Trinajstić information content (AvgIpc) is 2.79. The highest BCUT2D eigenvalue weighted by atomic mass is 16.5. The first kappa shape index (κ1) is 22.0. The molecule has 0 radical (unpaired) electrons. The van der Waals surface area contributed by atoms with E-state index in [1.165, 1.54) is 0 Å². The number of nitrogens with zero attached hydrogens (tertiary/aromatic N) is 2. The van der Waals surface area contributed by atoms with Gasteiger partial charge >= 0.3 is 0 Å². The Hall–Kier alpha value is -2.70. The van der Waals surface area contributed by atoms with E-state index in [0.29, 0.717) is 45.9 Å². The van der Waals surface area contributed by atoms with Gasteiger partial charge in [-0.15, -0.1) is 0 Å². The van der Waals surface area contributed by atoms with Crippen molar-refractivity contribution in [2.45, 2.75) is 12.3 Å². The molecule has 0 aromatic heterocycles. The van der Waals surface area contributed by atoms with E-state index in [4.69, 9.17) is 4.74 Å². The molecular weight excluding hydrogens is 378 g/mol. The molecule has 6 nitrogen and oxygen atoms in total. The van der Waals surface area contributed by atoms with E-state index in [0.717, 1.165) is 17.5 Å². The van der Waals surface area contributed by atoms with E-state index in [2.05, 4.69) is 10.2 Å². The molecule has 2 aromatic carbocycles. The molecule has 1 heterocycles. The minimum atomic E-state index is -0.303. The summed E-state index contributed by atoms with van der Waals surface area (Å²) in [6.45, 7) is 4.31. The van der Waals surface area contributed by atoms with Crippen molar-refractivity contribution in [2.75, 3.05) is 53.0 Å². The summed E-state index contributed by atoms with van der Waals surface area (Å²) < 4.78 is 4.99. The Morgan fingerprint density at radius 1 is 0.933 bits per heavy atom. The van der Waals surface area contributed by atoms with Crippen molar-refractivity contribution in [2.24, 2.45) is 0 Å². The van der Waals surface area contributed by atoms with Crippen LogP contribution in [0.4, 0.5) is 0 Å². The summed E-state index contributed by atoms with van der Waals surface area (Å²) in [5, 5.41) is 2.92. The number of methoxy groups -OCH3 is 1. The lowest BCUT2D eigenvalue weighted by Crippen LogP contribution is -2.52. The number of ether oxygens (including phenoxy) is 1. The van der Waals surface area contributed by atoms with Crippen molar-refractivity contribution in [3.05, 3.63) is 71.8 Å². The summed E-state index contributed by atoms with van der Waals surface area (Å²) >= 11 is 0. The van der Waals surface area contributed by atoms with E-state index in [1.807, 2.05) is 65.6 Å². The molecule has 1 aliphatic rings. The Labute approximate surface area is 178 Å². The third kappa shape index (κ3) is 6.15. The number of nitrogens with one attached hydrogen (secondary N) is 1. The highest BCUT2D eigenvalue weighted by molar-refractivity contribution is 5.87. The molecule has 6 heteroatoms. The van der Waals surface area contributed by atoms with Gasteiger partial charge in [0.15, 0.2) is 0 Å². The molecule has 0 atom stereocenters. The van der Waals surface area contributed by atoms with Crippen molar-refractivity contribution in [1.82, 2.24) is 15.1 Å². The number of carbonyl (C=O) groups is 2. The molecule has 1 aliphatic heterocycles. The number of amides is 2. The SMILES string of the molecule is COCCCNC(=O)CN1CCN(C(=O)C(c2ccccc2)c2ccccc2)CC1. The molecule has 0 spiro atoms. The Kier molecular flexibility index (Phi) is 8.41. The van der Waals surface area contributed by atoms with Crippen LogP contribution in [0.5, 0.6) is 0 Å². The molecule has 160 valence electrons. The number of carbonyl (C=O) groups excluding carboxylic acids is 2. The van der Waals surface area contributed by atoms with Crippen LogP contribution >= 0.6 is 0 Å². The fraction of sp³-hybridized carbons (Fsp3) is 0.417. The Morgan fingerprint density at radius 3 is 2.03 bits per heavy atom. The second kappa shape index (κ2) is 11.5. The molecule has 0 aliphatic carbocycles. The maximum atomic E-state index is 13.4. The van der Waals surface area contributed by atoms with Crippen molar-refractivity contribution in [3.8, 4) is 0 Å². The maximum absolute atomic E-state index is 13.4. The molecule has 2 aromatic rings. The number of hydrogen-bond acceptors (Lipinski definition) is 4. The van der Waals surface area contributed by atoms with Gasteiger partial charge in [-0.3, -0.25) is 14.5 Å². The van der Waals surface area contributed by atoms with Crippen LogP contribution < -0.4 is 5.32 Å². The van der Waals surface area contributed by atoms with Crippen LogP contribution in [0.15, 0.2) is 60.7 Å². The lowest BCUT2D eigenvalue weighted by Gasteiger charge is -2.36. The zero-order valence-electron chi connectivity index (χ0n) is 17.6. The summed E-state index contributed by atoms with van der Waals surface area (Å²) in [7, 11) is 1.66. The lowest BCUT2D eigenvalue weighted by atomic mass is 9.90. The van der Waals surface area contributed by atoms with Crippen LogP contribution in [-0.4, -0.2) is 74.6 Å². The molecule has 3 rings (SSSR count). The van der Waals surface area contributed by atoms with E-state index >= 15 is 0 Å². The smallest absolute Gasteiger partial charge is 0.234 e. The van der Waals surface area contributed by atoms with Crippen molar-refractivity contribution in [1.29, 1.82) is 0 Å². The summed E-state index contributed by atoms with van der Waals surface area (Å²) in [5.74, 6) is -0.156. The number of piperazine rings is 1. The van der Waals surface area contributed by atoms with Crippen LogP contribution in [0.1, 0.15) is 23.5 Å². The van der Waals surface area contributed by atoms with Crippen LogP contribution in [-0.2, 0) is 14.3 Å². The molecule has 2 amide bonds. The third-order valence-electron chi connectivity index (χ3n) is 5.41. The highest BCUT2D eigenvalue weighted by Crippen LogP contribution is 2.27. The standard InChI is InChI=1S/C24H31N3O3/c1-30-18-8-13-25-22(28)19-26-14-16-27(17-15-26)24(29)23(20-9-4-2-5-10-20)21-11-6-3-7-12-21/h2-7,9-12,23H,8,13-19H2,1H3,(H,25,28). The minimum Gasteiger partial charge on any atom is -0.385 e.